The number of carbonyl (C=O) groups is 1. The first-order valence-electron chi connectivity index (χ1n) is 6.42. The highest BCUT2D eigenvalue weighted by Crippen LogP contribution is 2.34. The van der Waals surface area contributed by atoms with Gasteiger partial charge in [0.1, 0.15) is 6.54 Å². The van der Waals surface area contributed by atoms with Gasteiger partial charge in [-0.2, -0.15) is 4.31 Å². The SMILES string of the molecule is COC(=O)CN(C)S(=O)(=O)c1nc(C)sc1-c1ccccc1. The second-order valence-electron chi connectivity index (χ2n) is 4.57. The molecule has 1 aromatic carbocycles. The van der Waals surface area contributed by atoms with Gasteiger partial charge in [0, 0.05) is 7.05 Å². The summed E-state index contributed by atoms with van der Waals surface area (Å²) >= 11 is 1.30. The lowest BCUT2D eigenvalue weighted by Crippen LogP contribution is -2.33. The van der Waals surface area contributed by atoms with Crippen molar-refractivity contribution < 1.29 is 17.9 Å². The van der Waals surface area contributed by atoms with Gasteiger partial charge in [-0.1, -0.05) is 30.3 Å². The number of carbonyl (C=O) groups excluding carboxylic acids is 1. The van der Waals surface area contributed by atoms with Gasteiger partial charge in [-0.25, -0.2) is 13.4 Å². The van der Waals surface area contributed by atoms with E-state index in [1.165, 1.54) is 25.5 Å². The van der Waals surface area contributed by atoms with Crippen molar-refractivity contribution in [3.05, 3.63) is 35.3 Å². The number of likely N-dealkylation sites (N-methyl/N-ethyl adjacent to an activating group) is 1. The maximum Gasteiger partial charge on any atom is 0.321 e. The molecule has 0 aliphatic heterocycles. The van der Waals surface area contributed by atoms with Crippen LogP contribution < -0.4 is 0 Å². The monoisotopic (exact) mass is 340 g/mol. The molecule has 118 valence electrons. The Kier molecular flexibility index (Phi) is 4.94. The van der Waals surface area contributed by atoms with Crippen molar-refractivity contribution in [2.24, 2.45) is 0 Å². The van der Waals surface area contributed by atoms with E-state index in [-0.39, 0.29) is 11.6 Å². The topological polar surface area (TPSA) is 76.6 Å². The first-order valence-corrected chi connectivity index (χ1v) is 8.68. The number of thiazole rings is 1. The van der Waals surface area contributed by atoms with Crippen molar-refractivity contribution in [3.63, 3.8) is 0 Å². The van der Waals surface area contributed by atoms with Crippen LogP contribution in [0.3, 0.4) is 0 Å². The summed E-state index contributed by atoms with van der Waals surface area (Å²) in [6.45, 7) is 1.39. The third kappa shape index (κ3) is 3.34. The molecule has 0 aliphatic rings. The summed E-state index contributed by atoms with van der Waals surface area (Å²) in [7, 11) is -1.33. The maximum atomic E-state index is 12.7. The molecule has 0 fully saturated rings. The molecule has 0 amide bonds. The number of hydrogen-bond acceptors (Lipinski definition) is 6. The van der Waals surface area contributed by atoms with E-state index in [9.17, 15) is 13.2 Å². The van der Waals surface area contributed by atoms with Gasteiger partial charge in [-0.15, -0.1) is 11.3 Å². The van der Waals surface area contributed by atoms with Crippen LogP contribution in [0.25, 0.3) is 10.4 Å². The predicted molar refractivity (Wildman–Crippen MR) is 84.1 cm³/mol. The van der Waals surface area contributed by atoms with E-state index < -0.39 is 16.0 Å². The molecular formula is C14H16N2O4S2. The number of sulfonamides is 1. The number of benzene rings is 1. The van der Waals surface area contributed by atoms with Crippen LogP contribution in [0.4, 0.5) is 0 Å². The summed E-state index contributed by atoms with van der Waals surface area (Å²) in [6, 6.07) is 9.17. The molecule has 0 saturated heterocycles. The van der Waals surface area contributed by atoms with Gasteiger partial charge in [0.15, 0.2) is 5.03 Å². The Bertz CT molecular complexity index is 769. The number of nitrogens with zero attached hydrogens (tertiary/aromatic N) is 2. The summed E-state index contributed by atoms with van der Waals surface area (Å²) in [5, 5.41) is 0.608. The Morgan fingerprint density at radius 2 is 1.95 bits per heavy atom. The lowest BCUT2D eigenvalue weighted by molar-refractivity contribution is -0.140. The summed E-state index contributed by atoms with van der Waals surface area (Å²) in [5.74, 6) is -0.626. The van der Waals surface area contributed by atoms with Gasteiger partial charge in [0.25, 0.3) is 10.0 Å². The highest BCUT2D eigenvalue weighted by Gasteiger charge is 2.29. The van der Waals surface area contributed by atoms with Crippen molar-refractivity contribution >= 4 is 27.3 Å². The van der Waals surface area contributed by atoms with Gasteiger partial charge in [-0.05, 0) is 12.5 Å². The van der Waals surface area contributed by atoms with Crippen LogP contribution in [-0.2, 0) is 19.6 Å². The third-order valence-corrected chi connectivity index (χ3v) is 5.86. The summed E-state index contributed by atoms with van der Waals surface area (Å²) < 4.78 is 30.8. The number of aryl methyl sites for hydroxylation is 1. The fourth-order valence-electron chi connectivity index (χ4n) is 1.83. The fourth-order valence-corrected chi connectivity index (χ4v) is 4.33. The molecule has 1 aromatic heterocycles. The van der Waals surface area contributed by atoms with Crippen LogP contribution in [0.15, 0.2) is 35.4 Å². The summed E-state index contributed by atoms with van der Waals surface area (Å²) in [6.07, 6.45) is 0. The average molecular weight is 340 g/mol. The maximum absolute atomic E-state index is 12.7. The summed E-state index contributed by atoms with van der Waals surface area (Å²) in [5.41, 5.74) is 0.776. The van der Waals surface area contributed by atoms with E-state index in [1.54, 1.807) is 6.92 Å². The zero-order valence-corrected chi connectivity index (χ0v) is 14.1. The number of aromatic nitrogens is 1. The molecular weight excluding hydrogens is 324 g/mol. The standard InChI is InChI=1S/C14H16N2O4S2/c1-10-15-14(13(21-10)11-7-5-4-6-8-11)22(18,19)16(2)9-12(17)20-3/h4-8H,9H2,1-3H3. The molecule has 0 radical (unpaired) electrons. The molecule has 2 aromatic rings. The van der Waals surface area contributed by atoms with Crippen LogP contribution in [0.2, 0.25) is 0 Å². The second-order valence-corrected chi connectivity index (χ2v) is 7.73. The molecule has 0 atom stereocenters. The molecule has 0 spiro atoms. The van der Waals surface area contributed by atoms with Crippen LogP contribution in [-0.4, -0.2) is 44.4 Å². The third-order valence-electron chi connectivity index (χ3n) is 2.97. The van der Waals surface area contributed by atoms with Gasteiger partial charge < -0.3 is 4.74 Å². The van der Waals surface area contributed by atoms with Gasteiger partial charge in [0.05, 0.1) is 17.0 Å². The molecule has 6 nitrogen and oxygen atoms in total. The van der Waals surface area contributed by atoms with Crippen LogP contribution in [0.1, 0.15) is 5.01 Å². The quantitative estimate of drug-likeness (QED) is 0.777. The largest absolute Gasteiger partial charge is 0.468 e. The van der Waals surface area contributed by atoms with Crippen LogP contribution in [0, 0.1) is 6.92 Å². The molecule has 22 heavy (non-hydrogen) atoms. The number of esters is 1. The fraction of sp³-hybridized carbons (Fsp3) is 0.286. The zero-order valence-electron chi connectivity index (χ0n) is 12.4. The highest BCUT2D eigenvalue weighted by molar-refractivity contribution is 7.89. The van der Waals surface area contributed by atoms with Gasteiger partial charge in [-0.3, -0.25) is 4.79 Å². The first kappa shape index (κ1) is 16.6. The van der Waals surface area contributed by atoms with Crippen molar-refractivity contribution in [1.82, 2.24) is 9.29 Å². The lowest BCUT2D eigenvalue weighted by Gasteiger charge is -2.15. The van der Waals surface area contributed by atoms with Crippen LogP contribution in [0.5, 0.6) is 0 Å². The molecule has 0 bridgehead atoms. The number of ether oxygens (including phenoxy) is 1. The Morgan fingerprint density at radius 1 is 1.32 bits per heavy atom. The predicted octanol–water partition coefficient (Wildman–Crippen LogP) is 1.91. The number of hydrogen-bond donors (Lipinski definition) is 0. The Hall–Kier alpha value is -1.77. The van der Waals surface area contributed by atoms with E-state index in [4.69, 9.17) is 0 Å². The number of rotatable bonds is 5. The van der Waals surface area contributed by atoms with E-state index in [0.29, 0.717) is 9.88 Å². The van der Waals surface area contributed by atoms with E-state index >= 15 is 0 Å². The normalized spacial score (nSPS) is 11.6. The van der Waals surface area contributed by atoms with Crippen LogP contribution >= 0.6 is 11.3 Å². The Balaban J connectivity index is 2.46. The zero-order chi connectivity index (χ0) is 16.3. The molecule has 0 N–H and O–H groups in total. The van der Waals surface area contributed by atoms with E-state index in [0.717, 1.165) is 9.87 Å². The first-order chi connectivity index (χ1) is 10.4. The lowest BCUT2D eigenvalue weighted by atomic mass is 10.2. The molecule has 0 saturated carbocycles. The molecule has 0 aliphatic carbocycles. The minimum Gasteiger partial charge on any atom is -0.468 e. The minimum absolute atomic E-state index is 0.0346. The minimum atomic E-state index is -3.87. The average Bonchev–Trinajstić information content (AvgIpc) is 2.90. The molecule has 0 unspecified atom stereocenters. The Morgan fingerprint density at radius 3 is 2.55 bits per heavy atom. The van der Waals surface area contributed by atoms with Gasteiger partial charge in [0.2, 0.25) is 0 Å². The van der Waals surface area contributed by atoms with Crippen molar-refractivity contribution in [1.29, 1.82) is 0 Å². The van der Waals surface area contributed by atoms with Crippen molar-refractivity contribution in [2.45, 2.75) is 11.9 Å². The Labute approximate surface area is 133 Å². The van der Waals surface area contributed by atoms with E-state index in [1.807, 2.05) is 30.3 Å². The number of methoxy groups -OCH3 is 1. The van der Waals surface area contributed by atoms with E-state index in [2.05, 4.69) is 9.72 Å². The molecule has 8 heteroatoms. The molecule has 1 heterocycles. The smallest absolute Gasteiger partial charge is 0.321 e. The van der Waals surface area contributed by atoms with Crippen molar-refractivity contribution in [2.75, 3.05) is 20.7 Å². The highest BCUT2D eigenvalue weighted by atomic mass is 32.2. The van der Waals surface area contributed by atoms with Gasteiger partial charge >= 0.3 is 5.97 Å². The van der Waals surface area contributed by atoms with Crippen molar-refractivity contribution in [3.8, 4) is 10.4 Å². The molecule has 2 rings (SSSR count). The second kappa shape index (κ2) is 6.55. The summed E-state index contributed by atoms with van der Waals surface area (Å²) in [4.78, 5) is 16.0.